The number of ketones is 1. The second-order valence-electron chi connectivity index (χ2n) is 12.2. The molecule has 1 fully saturated rings. The zero-order valence-corrected chi connectivity index (χ0v) is 28.7. The van der Waals surface area contributed by atoms with Crippen LogP contribution in [0.1, 0.15) is 76.5 Å². The monoisotopic (exact) mass is 730 g/mol. The Labute approximate surface area is 291 Å². The van der Waals surface area contributed by atoms with Crippen molar-refractivity contribution in [2.75, 3.05) is 27.2 Å². The van der Waals surface area contributed by atoms with Gasteiger partial charge < -0.3 is 25.0 Å². The normalized spacial score (nSPS) is 15.5. The molecule has 2 atom stereocenters. The summed E-state index contributed by atoms with van der Waals surface area (Å²) in [4.78, 5) is 55.7. The number of imidazole rings is 1. The first-order valence-corrected chi connectivity index (χ1v) is 16.5. The number of nitrogens with one attached hydrogen (secondary N) is 1. The number of hydrogen-bond acceptors (Lipinski definition) is 6. The number of aromatic nitrogens is 2. The van der Waals surface area contributed by atoms with Crippen LogP contribution in [0.3, 0.4) is 0 Å². The third-order valence-electron chi connectivity index (χ3n) is 8.39. The molecule has 1 saturated heterocycles. The Morgan fingerprint density at radius 2 is 1.55 bits per heavy atom. The Hall–Kier alpha value is -4.47. The summed E-state index contributed by atoms with van der Waals surface area (Å²) in [6.45, 7) is 3.76. The van der Waals surface area contributed by atoms with Crippen molar-refractivity contribution in [3.63, 3.8) is 0 Å². The van der Waals surface area contributed by atoms with E-state index in [0.29, 0.717) is 24.7 Å². The van der Waals surface area contributed by atoms with Crippen LogP contribution in [0, 0.1) is 0 Å². The maximum absolute atomic E-state index is 13.8. The van der Waals surface area contributed by atoms with E-state index in [1.807, 2.05) is 37.2 Å². The van der Waals surface area contributed by atoms with Crippen LogP contribution >= 0.6 is 0 Å². The molecule has 2 heterocycles. The number of carbonyl (C=O) groups is 4. The summed E-state index contributed by atoms with van der Waals surface area (Å²) in [5, 5.41) is 16.6. The molecule has 0 aliphatic carbocycles. The molecule has 0 radical (unpaired) electrons. The van der Waals surface area contributed by atoms with Gasteiger partial charge in [0.25, 0.3) is 0 Å². The van der Waals surface area contributed by atoms with Crippen molar-refractivity contribution in [1.29, 1.82) is 0 Å². The van der Waals surface area contributed by atoms with E-state index in [1.54, 1.807) is 0 Å². The molecular weight excluding hydrogens is 686 g/mol. The number of Topliss-reactive ketones (excluding diaryl/α,β-unsaturated/α-hetero) is 1. The number of alkyl halides is 6. The molecule has 2 unspecified atom stereocenters. The smallest absolute Gasteiger partial charge is 0.475 e. The highest BCUT2D eigenvalue weighted by Crippen LogP contribution is 2.28. The predicted octanol–water partition coefficient (Wildman–Crippen LogP) is 7.45. The number of halogens is 6. The van der Waals surface area contributed by atoms with E-state index in [-0.39, 0.29) is 11.8 Å². The summed E-state index contributed by atoms with van der Waals surface area (Å²) < 4.78 is 63.5. The van der Waals surface area contributed by atoms with Gasteiger partial charge in [-0.05, 0) is 56.1 Å². The number of H-pyrrole nitrogens is 1. The summed E-state index contributed by atoms with van der Waals surface area (Å²) >= 11 is 0. The summed E-state index contributed by atoms with van der Waals surface area (Å²) in [5.41, 5.74) is 2.00. The average molecular weight is 731 g/mol. The number of nitrogens with zero attached hydrogens (tertiary/aromatic N) is 3. The number of benzene rings is 2. The van der Waals surface area contributed by atoms with Gasteiger partial charge in [-0.15, -0.1) is 0 Å². The number of unbranched alkanes of at least 4 members (excludes halogenated alkanes) is 2. The number of rotatable bonds is 12. The highest BCUT2D eigenvalue weighted by molar-refractivity contribution is 5.87. The quantitative estimate of drug-likeness (QED) is 0.129. The predicted molar refractivity (Wildman–Crippen MR) is 178 cm³/mol. The van der Waals surface area contributed by atoms with Crippen molar-refractivity contribution in [1.82, 2.24) is 19.8 Å². The third-order valence-corrected chi connectivity index (χ3v) is 8.39. The molecule has 1 aliphatic rings. The molecule has 51 heavy (non-hydrogen) atoms. The van der Waals surface area contributed by atoms with E-state index >= 15 is 0 Å². The second-order valence-corrected chi connectivity index (χ2v) is 12.2. The van der Waals surface area contributed by atoms with Gasteiger partial charge in [-0.25, -0.2) is 14.6 Å². The SMILES string of the molecule is CCC(=O)CCCCCC(C(=O)N(C)CC1CCCCN1C)c1ncc(-c2ccc3ccccc3c2)[nH]1.O=C(O)C(F)(F)F.O=C(O)C(F)(F)F. The van der Waals surface area contributed by atoms with Crippen LogP contribution in [0.2, 0.25) is 0 Å². The number of carboxylic acids is 2. The van der Waals surface area contributed by atoms with Crippen LogP contribution in [-0.2, 0) is 19.2 Å². The molecule has 3 aromatic rings. The first-order valence-electron chi connectivity index (χ1n) is 16.5. The van der Waals surface area contributed by atoms with Crippen molar-refractivity contribution in [2.45, 2.75) is 89.0 Å². The molecule has 0 saturated carbocycles. The zero-order chi connectivity index (χ0) is 38.4. The molecule has 0 spiro atoms. The van der Waals surface area contributed by atoms with E-state index in [0.717, 1.165) is 62.3 Å². The fourth-order valence-electron chi connectivity index (χ4n) is 5.47. The molecule has 16 heteroatoms. The van der Waals surface area contributed by atoms with Crippen LogP contribution in [0.15, 0.2) is 48.7 Å². The molecular formula is C35H44F6N4O6. The molecule has 1 amide bonds. The molecule has 282 valence electrons. The maximum Gasteiger partial charge on any atom is 0.490 e. The van der Waals surface area contributed by atoms with Gasteiger partial charge in [-0.1, -0.05) is 62.6 Å². The van der Waals surface area contributed by atoms with E-state index < -0.39 is 24.3 Å². The lowest BCUT2D eigenvalue weighted by Gasteiger charge is -2.36. The first-order chi connectivity index (χ1) is 23.8. The van der Waals surface area contributed by atoms with Gasteiger partial charge in [0.15, 0.2) is 0 Å². The number of carbonyl (C=O) groups excluding carboxylic acids is 2. The molecule has 1 aliphatic heterocycles. The molecule has 0 bridgehead atoms. The number of hydrogen-bond donors (Lipinski definition) is 3. The van der Waals surface area contributed by atoms with Gasteiger partial charge in [0.1, 0.15) is 11.6 Å². The van der Waals surface area contributed by atoms with Crippen LogP contribution < -0.4 is 0 Å². The first kappa shape index (κ1) is 42.7. The molecule has 2 aromatic carbocycles. The van der Waals surface area contributed by atoms with Crippen LogP contribution in [0.25, 0.3) is 22.0 Å². The number of carboxylic acid groups (broad SMARTS) is 2. The van der Waals surface area contributed by atoms with Gasteiger partial charge in [-0.2, -0.15) is 26.3 Å². The van der Waals surface area contributed by atoms with Crippen LogP contribution in [0.5, 0.6) is 0 Å². The number of fused-ring (bicyclic) bond motifs is 1. The van der Waals surface area contributed by atoms with Gasteiger partial charge in [0.2, 0.25) is 5.91 Å². The summed E-state index contributed by atoms with van der Waals surface area (Å²) in [6.07, 6.45) is -0.0140. The molecule has 10 nitrogen and oxygen atoms in total. The number of likely N-dealkylation sites (tertiary alicyclic amines) is 1. The Balaban J connectivity index is 0.000000543. The Morgan fingerprint density at radius 3 is 2.12 bits per heavy atom. The lowest BCUT2D eigenvalue weighted by Crippen LogP contribution is -2.46. The van der Waals surface area contributed by atoms with Crippen LogP contribution in [-0.4, -0.2) is 99.2 Å². The van der Waals surface area contributed by atoms with E-state index in [1.165, 1.54) is 23.6 Å². The zero-order valence-electron chi connectivity index (χ0n) is 28.7. The fourth-order valence-corrected chi connectivity index (χ4v) is 5.47. The topological polar surface area (TPSA) is 144 Å². The average Bonchev–Trinajstić information content (AvgIpc) is 3.56. The number of aliphatic carboxylic acids is 2. The van der Waals surface area contributed by atoms with E-state index in [4.69, 9.17) is 24.8 Å². The van der Waals surface area contributed by atoms with Gasteiger partial charge >= 0.3 is 24.3 Å². The number of aromatic amines is 1. The number of likely N-dealkylation sites (N-methyl/N-ethyl adjacent to an activating group) is 2. The standard InChI is InChI=1S/C31H42N4O2.2C2HF3O2/c1-4-27(36)15-6-5-7-16-28(31(37)35(3)22-26-14-10-11-19-34(26)2)30-32-21-29(33-30)25-18-17-23-12-8-9-13-24(23)20-25;2*3-2(4,5)1(6)7/h8-9,12-13,17-18,20-21,26,28H,4-7,10-11,14-16,19,22H2,1-3H3,(H,32,33);2*(H,6,7). The number of piperidine rings is 1. The van der Waals surface area contributed by atoms with Gasteiger partial charge in [-0.3, -0.25) is 9.59 Å². The summed E-state index contributed by atoms with van der Waals surface area (Å²) in [5.74, 6) is -4.64. The Bertz CT molecular complexity index is 1570. The lowest BCUT2D eigenvalue weighted by molar-refractivity contribution is -0.193. The van der Waals surface area contributed by atoms with Crippen molar-refractivity contribution in [3.05, 3.63) is 54.5 Å². The highest BCUT2D eigenvalue weighted by atomic mass is 19.4. The van der Waals surface area contributed by atoms with Crippen molar-refractivity contribution in [3.8, 4) is 11.3 Å². The Kier molecular flexibility index (Phi) is 16.6. The van der Waals surface area contributed by atoms with E-state index in [2.05, 4.69) is 47.3 Å². The molecule has 4 rings (SSSR count). The Morgan fingerprint density at radius 1 is 0.941 bits per heavy atom. The second kappa shape index (κ2) is 19.8. The van der Waals surface area contributed by atoms with Crippen molar-refractivity contribution >= 4 is 34.4 Å². The third kappa shape index (κ3) is 14.4. The van der Waals surface area contributed by atoms with E-state index in [9.17, 15) is 35.9 Å². The minimum atomic E-state index is -5.08. The highest BCUT2D eigenvalue weighted by Gasteiger charge is 2.39. The maximum atomic E-state index is 13.8. The summed E-state index contributed by atoms with van der Waals surface area (Å²) in [7, 11) is 4.10. The minimum Gasteiger partial charge on any atom is -0.475 e. The lowest BCUT2D eigenvalue weighted by atomic mass is 9.97. The minimum absolute atomic E-state index is 0.128. The number of amides is 1. The van der Waals surface area contributed by atoms with Crippen molar-refractivity contribution in [2.24, 2.45) is 0 Å². The van der Waals surface area contributed by atoms with Gasteiger partial charge in [0.05, 0.1) is 17.8 Å². The molecule has 1 aromatic heterocycles. The van der Waals surface area contributed by atoms with Crippen molar-refractivity contribution < 1.29 is 55.7 Å². The van der Waals surface area contributed by atoms with Crippen LogP contribution in [0.4, 0.5) is 26.3 Å². The summed E-state index contributed by atoms with van der Waals surface area (Å²) in [6, 6.07) is 15.1. The largest absolute Gasteiger partial charge is 0.490 e. The molecule has 3 N–H and O–H groups in total. The fraction of sp³-hybridized carbons (Fsp3) is 0.514. The van der Waals surface area contributed by atoms with Gasteiger partial charge in [0, 0.05) is 38.0 Å².